The van der Waals surface area contributed by atoms with Gasteiger partial charge in [0.15, 0.2) is 0 Å². The van der Waals surface area contributed by atoms with Crippen LogP contribution in [0.2, 0.25) is 0 Å². The molecular weight excluding hydrogens is 713 g/mol. The molecule has 54 heavy (non-hydrogen) atoms. The monoisotopic (exact) mass is 764 g/mol. The molecule has 4 atom stereocenters. The molecule has 1 aromatic heterocycles. The predicted octanol–water partition coefficient (Wildman–Crippen LogP) is 3.54. The van der Waals surface area contributed by atoms with Crippen LogP contribution in [0.3, 0.4) is 0 Å². The number of para-hydroxylation sites is 1. The molecular formula is C39H52N6O8S. The van der Waals surface area contributed by atoms with Crippen LogP contribution in [0.25, 0.3) is 0 Å². The predicted molar refractivity (Wildman–Crippen MR) is 198 cm³/mol. The average Bonchev–Trinajstić information content (AvgIpc) is 3.59. The first-order chi connectivity index (χ1) is 26.3. The molecule has 7 rings (SSSR count). The van der Waals surface area contributed by atoms with Crippen molar-refractivity contribution in [3.63, 3.8) is 0 Å². The van der Waals surface area contributed by atoms with Gasteiger partial charge in [-0.1, -0.05) is 36.4 Å². The Balaban J connectivity index is 0.796. The van der Waals surface area contributed by atoms with Crippen LogP contribution in [-0.4, -0.2) is 118 Å². The molecule has 4 aliphatic rings. The number of piperazine rings is 1. The molecule has 0 radical (unpaired) electrons. The number of piperidine rings is 3. The summed E-state index contributed by atoms with van der Waals surface area (Å²) in [6.07, 6.45) is 8.25. The third-order valence-electron chi connectivity index (χ3n) is 11.7. The molecule has 2 aromatic carbocycles. The number of rotatable bonds is 15. The average molecular weight is 765 g/mol. The highest BCUT2D eigenvalue weighted by atomic mass is 32.2. The summed E-state index contributed by atoms with van der Waals surface area (Å²) in [6.45, 7) is 6.62. The van der Waals surface area contributed by atoms with Gasteiger partial charge in [-0.2, -0.15) is 0 Å². The van der Waals surface area contributed by atoms with Crippen molar-refractivity contribution in [1.82, 2.24) is 19.9 Å². The Labute approximate surface area is 317 Å². The topological polar surface area (TPSA) is 153 Å². The van der Waals surface area contributed by atoms with Crippen molar-refractivity contribution in [2.24, 2.45) is 11.8 Å². The molecule has 15 heteroatoms. The molecule has 4 aliphatic heterocycles. The Bertz CT molecular complexity index is 1800. The summed E-state index contributed by atoms with van der Waals surface area (Å²) >= 11 is 0. The highest BCUT2D eigenvalue weighted by Crippen LogP contribution is 2.44. The number of unbranched alkanes of at least 4 members (excludes halogenated alkanes) is 1. The fourth-order valence-corrected chi connectivity index (χ4v) is 10.4. The fourth-order valence-electron chi connectivity index (χ4n) is 9.10. The van der Waals surface area contributed by atoms with Gasteiger partial charge in [-0.15, -0.1) is 0 Å². The number of nitrogens with zero attached hydrogens (tertiary/aromatic N) is 6. The van der Waals surface area contributed by atoms with Crippen LogP contribution in [0.5, 0.6) is 5.88 Å². The smallest absolute Gasteiger partial charge is 0.415 e. The van der Waals surface area contributed by atoms with E-state index in [1.165, 1.54) is 56.6 Å². The molecule has 0 saturated carbocycles. The first-order valence-corrected chi connectivity index (χ1v) is 21.0. The largest absolute Gasteiger partial charge is 0.466 e. The minimum Gasteiger partial charge on any atom is -0.466 e. The van der Waals surface area contributed by atoms with Crippen LogP contribution in [0.1, 0.15) is 57.8 Å². The summed E-state index contributed by atoms with van der Waals surface area (Å²) in [5.41, 5.74) is 1.32. The Kier molecular flexibility index (Phi) is 12.3. The van der Waals surface area contributed by atoms with E-state index in [-0.39, 0.29) is 41.1 Å². The van der Waals surface area contributed by atoms with Gasteiger partial charge in [0.25, 0.3) is 9.84 Å². The Morgan fingerprint density at radius 1 is 0.889 bits per heavy atom. The molecule has 14 nitrogen and oxygen atoms in total. The number of amides is 1. The summed E-state index contributed by atoms with van der Waals surface area (Å²) in [4.78, 5) is 34.5. The summed E-state index contributed by atoms with van der Waals surface area (Å²) in [5.74, 6) is 0.593. The number of sulfone groups is 1. The second kappa shape index (κ2) is 17.5. The maximum Gasteiger partial charge on any atom is 0.415 e. The Morgan fingerprint density at radius 2 is 1.61 bits per heavy atom. The molecule has 4 unspecified atom stereocenters. The zero-order valence-corrected chi connectivity index (χ0v) is 31.7. The maximum absolute atomic E-state index is 13.0. The van der Waals surface area contributed by atoms with Gasteiger partial charge in [0.2, 0.25) is 5.91 Å². The Hall–Kier alpha value is -4.21. The van der Waals surface area contributed by atoms with Crippen LogP contribution < -0.4 is 14.5 Å². The van der Waals surface area contributed by atoms with Crippen molar-refractivity contribution >= 4 is 27.4 Å². The standard InChI is InChI=1S/C39H52N6O8S/c46-35(42-24-22-41(23-25-42)26-28-52-38-39(45(48)53-40-38)54(49,50)32-14-5-2-6-15-32)18-19-36(47)51-27-8-7-17-34-33-16-10-21-43-20-9-11-30(37(33)43)29-44(34)31-12-3-1-4-13-31/h1-6,12-15,30,33-34,37H,7-11,16-29H2. The molecule has 1 amide bonds. The SMILES string of the molecule is O=C(CCC(=O)N1CCN(CCOc2no[n+]([O-])c2S(=O)(=O)c2ccccc2)CC1)OCCCCC1C2CCCN3CCCC(CN1c1ccccc1)C23. The number of carbonyl (C=O) groups excluding carboxylic acids is 2. The van der Waals surface area contributed by atoms with E-state index in [9.17, 15) is 23.2 Å². The van der Waals surface area contributed by atoms with Gasteiger partial charge >= 0.3 is 16.9 Å². The number of anilines is 1. The van der Waals surface area contributed by atoms with Gasteiger partial charge in [-0.3, -0.25) is 24.0 Å². The van der Waals surface area contributed by atoms with Crippen LogP contribution in [0.4, 0.5) is 5.69 Å². The van der Waals surface area contributed by atoms with Gasteiger partial charge < -0.3 is 24.5 Å². The zero-order valence-electron chi connectivity index (χ0n) is 30.9. The van der Waals surface area contributed by atoms with Gasteiger partial charge in [0, 0.05) is 63.5 Å². The van der Waals surface area contributed by atoms with Crippen molar-refractivity contribution in [1.29, 1.82) is 0 Å². The third-order valence-corrected chi connectivity index (χ3v) is 13.4. The van der Waals surface area contributed by atoms with Crippen molar-refractivity contribution in [3.05, 3.63) is 65.9 Å². The minimum absolute atomic E-state index is 0.0594. The van der Waals surface area contributed by atoms with Gasteiger partial charge in [-0.25, -0.2) is 8.42 Å². The number of hydrogen-bond donors (Lipinski definition) is 0. The first kappa shape index (κ1) is 38.1. The van der Waals surface area contributed by atoms with E-state index in [1.807, 2.05) is 0 Å². The highest BCUT2D eigenvalue weighted by Gasteiger charge is 2.48. The zero-order chi connectivity index (χ0) is 37.5. The number of esters is 1. The van der Waals surface area contributed by atoms with E-state index in [0.717, 1.165) is 31.7 Å². The normalized spacial score (nSPS) is 23.5. The molecule has 0 N–H and O–H groups in total. The molecule has 4 saturated heterocycles. The first-order valence-electron chi connectivity index (χ1n) is 19.5. The quantitative estimate of drug-likeness (QED) is 0.127. The van der Waals surface area contributed by atoms with E-state index in [1.54, 1.807) is 23.1 Å². The number of benzene rings is 2. The van der Waals surface area contributed by atoms with Gasteiger partial charge in [-0.05, 0) is 99.0 Å². The molecule has 292 valence electrons. The van der Waals surface area contributed by atoms with E-state index in [2.05, 4.69) is 54.8 Å². The maximum atomic E-state index is 13.0. The molecule has 0 aliphatic carbocycles. The second-order valence-corrected chi connectivity index (χ2v) is 16.8. The fraction of sp³-hybridized carbons (Fsp3) is 0.590. The van der Waals surface area contributed by atoms with Gasteiger partial charge in [0.1, 0.15) is 6.61 Å². The van der Waals surface area contributed by atoms with E-state index in [4.69, 9.17) is 9.47 Å². The lowest BCUT2D eigenvalue weighted by Crippen LogP contribution is -2.64. The molecule has 0 bridgehead atoms. The number of aromatic nitrogens is 2. The van der Waals surface area contributed by atoms with E-state index in [0.29, 0.717) is 57.3 Å². The van der Waals surface area contributed by atoms with Gasteiger partial charge in [0.05, 0.1) is 23.1 Å². The molecule has 4 fully saturated rings. The van der Waals surface area contributed by atoms with Crippen LogP contribution in [-0.2, 0) is 24.2 Å². The van der Waals surface area contributed by atoms with Crippen molar-refractivity contribution < 1.29 is 37.0 Å². The lowest BCUT2D eigenvalue weighted by Gasteiger charge is -2.58. The molecule has 0 spiro atoms. The summed E-state index contributed by atoms with van der Waals surface area (Å²) in [7, 11) is -4.19. The molecule has 3 aromatic rings. The lowest BCUT2D eigenvalue weighted by molar-refractivity contribution is -0.832. The number of ether oxygens (including phenoxy) is 2. The lowest BCUT2D eigenvalue weighted by atomic mass is 9.69. The minimum atomic E-state index is -4.19. The van der Waals surface area contributed by atoms with Crippen LogP contribution in [0.15, 0.2) is 75.2 Å². The highest BCUT2D eigenvalue weighted by molar-refractivity contribution is 7.91. The van der Waals surface area contributed by atoms with Crippen molar-refractivity contribution in [2.45, 2.75) is 79.8 Å². The third kappa shape index (κ3) is 8.68. The van der Waals surface area contributed by atoms with Crippen molar-refractivity contribution in [2.75, 3.05) is 70.5 Å². The Morgan fingerprint density at radius 3 is 2.37 bits per heavy atom. The summed E-state index contributed by atoms with van der Waals surface area (Å²) in [6, 6.07) is 19.6. The van der Waals surface area contributed by atoms with E-state index < -0.39 is 20.7 Å². The second-order valence-electron chi connectivity index (χ2n) is 14.9. The summed E-state index contributed by atoms with van der Waals surface area (Å²) < 4.78 is 41.6. The number of hydrogen-bond acceptors (Lipinski definition) is 12. The van der Waals surface area contributed by atoms with E-state index >= 15 is 0 Å². The molecule has 5 heterocycles. The van der Waals surface area contributed by atoms with Crippen LogP contribution in [0, 0.1) is 17.0 Å². The summed E-state index contributed by atoms with van der Waals surface area (Å²) in [5, 5.41) is 14.9. The number of carbonyl (C=O) groups is 2. The van der Waals surface area contributed by atoms with Crippen LogP contribution >= 0.6 is 0 Å². The van der Waals surface area contributed by atoms with Crippen molar-refractivity contribution in [3.8, 4) is 5.88 Å².